The lowest BCUT2D eigenvalue weighted by molar-refractivity contribution is -0.270. The molecule has 3 aromatic rings. The predicted octanol–water partition coefficient (Wildman–Crippen LogP) is 5.12. The zero-order valence-corrected chi connectivity index (χ0v) is 21.4. The van der Waals surface area contributed by atoms with Crippen molar-refractivity contribution in [3.05, 3.63) is 96.1 Å². The fourth-order valence-corrected chi connectivity index (χ4v) is 4.67. The van der Waals surface area contributed by atoms with E-state index >= 15 is 0 Å². The van der Waals surface area contributed by atoms with Crippen LogP contribution in [0.5, 0.6) is 11.5 Å². The molecule has 0 bridgehead atoms. The lowest BCUT2D eigenvalue weighted by atomic mass is 9.99. The van der Waals surface area contributed by atoms with Gasteiger partial charge in [0.1, 0.15) is 35.9 Å². The van der Waals surface area contributed by atoms with Crippen LogP contribution in [-0.2, 0) is 36.9 Å². The summed E-state index contributed by atoms with van der Waals surface area (Å²) in [6.45, 7) is 4.99. The molecule has 0 N–H and O–H groups in total. The standard InChI is InChI=1S/C30H34O7/c1-30(2)36-26-25(20-32-18-21-10-6-4-7-11-21)35-29(34-24-16-14-23(31-3)15-17-24)28(27(26)37-30)33-19-22-12-8-5-9-13-22/h4-17,25-29H,18-20H2,1-3H3. The maximum absolute atomic E-state index is 6.48. The molecule has 0 aliphatic carbocycles. The normalized spacial score (nSPS) is 26.4. The van der Waals surface area contributed by atoms with Crippen molar-refractivity contribution in [3.8, 4) is 11.5 Å². The smallest absolute Gasteiger partial charge is 0.229 e. The minimum absolute atomic E-state index is 0.323. The van der Waals surface area contributed by atoms with Crippen LogP contribution in [0.2, 0.25) is 0 Å². The highest BCUT2D eigenvalue weighted by atomic mass is 16.8. The Kier molecular flexibility index (Phi) is 8.08. The van der Waals surface area contributed by atoms with Crippen LogP contribution in [-0.4, -0.2) is 50.2 Å². The molecule has 5 unspecified atom stereocenters. The lowest BCUT2D eigenvalue weighted by Crippen LogP contribution is -2.59. The molecular formula is C30H34O7. The second-order valence-electron chi connectivity index (χ2n) is 9.66. The van der Waals surface area contributed by atoms with Crippen LogP contribution in [0.3, 0.4) is 0 Å². The largest absolute Gasteiger partial charge is 0.497 e. The van der Waals surface area contributed by atoms with Crippen molar-refractivity contribution in [2.45, 2.75) is 63.6 Å². The first-order valence-electron chi connectivity index (χ1n) is 12.6. The van der Waals surface area contributed by atoms with E-state index in [0.29, 0.717) is 25.6 Å². The van der Waals surface area contributed by atoms with E-state index in [1.54, 1.807) is 7.11 Å². The van der Waals surface area contributed by atoms with Crippen LogP contribution in [0.15, 0.2) is 84.9 Å². The van der Waals surface area contributed by atoms with E-state index in [-0.39, 0.29) is 6.10 Å². The quantitative estimate of drug-likeness (QED) is 0.378. The summed E-state index contributed by atoms with van der Waals surface area (Å²) in [6.07, 6.45) is -2.45. The van der Waals surface area contributed by atoms with Crippen molar-refractivity contribution >= 4 is 0 Å². The molecule has 7 nitrogen and oxygen atoms in total. The third-order valence-electron chi connectivity index (χ3n) is 6.42. The summed E-state index contributed by atoms with van der Waals surface area (Å²) in [5.41, 5.74) is 2.14. The van der Waals surface area contributed by atoms with Crippen LogP contribution in [0.1, 0.15) is 25.0 Å². The molecule has 196 valence electrons. The van der Waals surface area contributed by atoms with Gasteiger partial charge in [0.05, 0.1) is 26.9 Å². The Morgan fingerprint density at radius 2 is 1.32 bits per heavy atom. The van der Waals surface area contributed by atoms with Gasteiger partial charge in [-0.2, -0.15) is 0 Å². The van der Waals surface area contributed by atoms with Gasteiger partial charge in [-0.25, -0.2) is 0 Å². The Bertz CT molecular complexity index is 1100. The predicted molar refractivity (Wildman–Crippen MR) is 137 cm³/mol. The molecule has 7 heteroatoms. The van der Waals surface area contributed by atoms with Crippen LogP contribution < -0.4 is 9.47 Å². The van der Waals surface area contributed by atoms with E-state index in [9.17, 15) is 0 Å². The summed E-state index contributed by atoms with van der Waals surface area (Å²) >= 11 is 0. The van der Waals surface area contributed by atoms with Gasteiger partial charge >= 0.3 is 0 Å². The average Bonchev–Trinajstić information content (AvgIpc) is 3.25. The number of ether oxygens (including phenoxy) is 7. The van der Waals surface area contributed by atoms with Crippen molar-refractivity contribution < 1.29 is 33.2 Å². The maximum Gasteiger partial charge on any atom is 0.229 e. The van der Waals surface area contributed by atoms with Crippen molar-refractivity contribution in [1.29, 1.82) is 0 Å². The minimum Gasteiger partial charge on any atom is -0.497 e. The van der Waals surface area contributed by atoms with Gasteiger partial charge < -0.3 is 33.2 Å². The van der Waals surface area contributed by atoms with Gasteiger partial charge in [-0.15, -0.1) is 0 Å². The molecule has 0 spiro atoms. The van der Waals surface area contributed by atoms with Gasteiger partial charge in [0.2, 0.25) is 6.29 Å². The summed E-state index contributed by atoms with van der Waals surface area (Å²) in [7, 11) is 1.63. The summed E-state index contributed by atoms with van der Waals surface area (Å²) in [4.78, 5) is 0. The zero-order chi connectivity index (χ0) is 25.7. The van der Waals surface area contributed by atoms with E-state index in [4.69, 9.17) is 33.2 Å². The molecule has 2 fully saturated rings. The van der Waals surface area contributed by atoms with Gasteiger partial charge in [0.15, 0.2) is 5.79 Å². The number of rotatable bonds is 10. The Labute approximate surface area is 218 Å². The van der Waals surface area contributed by atoms with Crippen molar-refractivity contribution in [2.75, 3.05) is 13.7 Å². The molecular weight excluding hydrogens is 472 g/mol. The number of hydrogen-bond acceptors (Lipinski definition) is 7. The molecule has 2 saturated heterocycles. The molecule has 2 aliphatic rings. The van der Waals surface area contributed by atoms with E-state index in [0.717, 1.165) is 16.9 Å². The monoisotopic (exact) mass is 506 g/mol. The number of fused-ring (bicyclic) bond motifs is 1. The fraction of sp³-hybridized carbons (Fsp3) is 0.400. The Balaban J connectivity index is 1.35. The lowest BCUT2D eigenvalue weighted by Gasteiger charge is -2.41. The highest BCUT2D eigenvalue weighted by Gasteiger charge is 2.56. The molecule has 2 heterocycles. The summed E-state index contributed by atoms with van der Waals surface area (Å²) < 4.78 is 43.2. The Morgan fingerprint density at radius 3 is 1.97 bits per heavy atom. The second-order valence-corrected chi connectivity index (χ2v) is 9.66. The SMILES string of the molecule is COc1ccc(OC2OC(COCc3ccccc3)C3OC(C)(C)OC3C2OCc2ccccc2)cc1. The van der Waals surface area contributed by atoms with Gasteiger partial charge in [-0.3, -0.25) is 0 Å². The molecule has 37 heavy (non-hydrogen) atoms. The molecule has 0 radical (unpaired) electrons. The van der Waals surface area contributed by atoms with Crippen LogP contribution >= 0.6 is 0 Å². The number of hydrogen-bond donors (Lipinski definition) is 0. The Morgan fingerprint density at radius 1 is 0.730 bits per heavy atom. The maximum atomic E-state index is 6.48. The minimum atomic E-state index is -0.792. The van der Waals surface area contributed by atoms with E-state index in [2.05, 4.69) is 0 Å². The Hall–Kier alpha value is -2.94. The van der Waals surface area contributed by atoms with E-state index in [1.165, 1.54) is 0 Å². The van der Waals surface area contributed by atoms with E-state index < -0.39 is 30.4 Å². The highest BCUT2D eigenvalue weighted by Crippen LogP contribution is 2.40. The summed E-state index contributed by atoms with van der Waals surface area (Å²) in [5.74, 6) is 0.592. The zero-order valence-electron chi connectivity index (χ0n) is 21.4. The molecule has 5 atom stereocenters. The van der Waals surface area contributed by atoms with Crippen LogP contribution in [0, 0.1) is 0 Å². The average molecular weight is 507 g/mol. The number of methoxy groups -OCH3 is 1. The van der Waals surface area contributed by atoms with E-state index in [1.807, 2.05) is 98.8 Å². The molecule has 0 saturated carbocycles. The van der Waals surface area contributed by atoms with Crippen LogP contribution in [0.4, 0.5) is 0 Å². The first kappa shape index (κ1) is 25.7. The van der Waals surface area contributed by atoms with Gasteiger partial charge in [0, 0.05) is 0 Å². The van der Waals surface area contributed by atoms with Crippen molar-refractivity contribution in [1.82, 2.24) is 0 Å². The van der Waals surface area contributed by atoms with Crippen molar-refractivity contribution in [2.24, 2.45) is 0 Å². The van der Waals surface area contributed by atoms with Crippen molar-refractivity contribution in [3.63, 3.8) is 0 Å². The van der Waals surface area contributed by atoms with Crippen LogP contribution in [0.25, 0.3) is 0 Å². The molecule has 5 rings (SSSR count). The summed E-state index contributed by atoms with van der Waals surface area (Å²) in [6, 6.07) is 27.4. The van der Waals surface area contributed by atoms with Gasteiger partial charge in [-0.05, 0) is 49.2 Å². The number of benzene rings is 3. The molecule has 3 aromatic carbocycles. The van der Waals surface area contributed by atoms with Gasteiger partial charge in [-0.1, -0.05) is 60.7 Å². The third kappa shape index (κ3) is 6.50. The highest BCUT2D eigenvalue weighted by molar-refractivity contribution is 5.31. The van der Waals surface area contributed by atoms with Gasteiger partial charge in [0.25, 0.3) is 0 Å². The molecule has 2 aliphatic heterocycles. The first-order chi connectivity index (χ1) is 18.0. The summed E-state index contributed by atoms with van der Waals surface area (Å²) in [5, 5.41) is 0. The second kappa shape index (κ2) is 11.6. The third-order valence-corrected chi connectivity index (χ3v) is 6.42. The first-order valence-corrected chi connectivity index (χ1v) is 12.6. The fourth-order valence-electron chi connectivity index (χ4n) is 4.67. The molecule has 0 amide bonds. The molecule has 0 aromatic heterocycles. The topological polar surface area (TPSA) is 64.6 Å².